The van der Waals surface area contributed by atoms with Gasteiger partial charge < -0.3 is 14.4 Å². The second kappa shape index (κ2) is 9.64. The van der Waals surface area contributed by atoms with Crippen molar-refractivity contribution in [1.82, 2.24) is 4.90 Å². The van der Waals surface area contributed by atoms with Crippen LogP contribution in [0.5, 0.6) is 11.5 Å². The summed E-state index contributed by atoms with van der Waals surface area (Å²) in [6.07, 6.45) is 2.08. The molecular formula is C20H25ClFNO2. The molecule has 5 heteroatoms. The molecule has 2 rings (SSSR count). The lowest BCUT2D eigenvalue weighted by atomic mass is 10.1. The maximum absolute atomic E-state index is 13.1. The molecule has 0 unspecified atom stereocenters. The minimum atomic E-state index is -0.356. The molecule has 0 saturated carbocycles. The van der Waals surface area contributed by atoms with Crippen LogP contribution in [-0.2, 0) is 13.0 Å². The highest BCUT2D eigenvalue weighted by atomic mass is 35.5. The molecule has 2 aromatic carbocycles. The van der Waals surface area contributed by atoms with Gasteiger partial charge in [0.25, 0.3) is 0 Å². The van der Waals surface area contributed by atoms with Crippen LogP contribution >= 0.6 is 11.6 Å². The summed E-state index contributed by atoms with van der Waals surface area (Å²) < 4.78 is 24.7. The molecular weight excluding hydrogens is 341 g/mol. The Kier molecular flexibility index (Phi) is 7.53. The summed E-state index contributed by atoms with van der Waals surface area (Å²) in [6, 6.07) is 10.3. The molecule has 0 spiro atoms. The molecule has 0 saturated heterocycles. The third kappa shape index (κ3) is 6.22. The summed E-state index contributed by atoms with van der Waals surface area (Å²) in [7, 11) is 4.15. The van der Waals surface area contributed by atoms with Gasteiger partial charge in [-0.1, -0.05) is 23.7 Å². The number of halogens is 2. The fourth-order valence-corrected chi connectivity index (χ4v) is 2.71. The molecule has 0 bridgehead atoms. The van der Waals surface area contributed by atoms with Gasteiger partial charge in [-0.3, -0.25) is 0 Å². The summed E-state index contributed by atoms with van der Waals surface area (Å²) in [6.45, 7) is 3.82. The van der Waals surface area contributed by atoms with Crippen LogP contribution < -0.4 is 9.47 Å². The second-order valence-electron chi connectivity index (χ2n) is 6.15. The molecule has 0 fully saturated rings. The summed E-state index contributed by atoms with van der Waals surface area (Å²) in [5.74, 6) is 1.03. The maximum Gasteiger partial charge on any atom is 0.161 e. The van der Waals surface area contributed by atoms with Gasteiger partial charge in [0.15, 0.2) is 11.5 Å². The molecule has 0 aliphatic carbocycles. The minimum absolute atomic E-state index is 0.263. The third-order valence-corrected chi connectivity index (χ3v) is 4.13. The van der Waals surface area contributed by atoms with Crippen molar-refractivity contribution in [3.63, 3.8) is 0 Å². The SMILES string of the molecule is CCOc1cc(CCCN(C)C)ccc1OCc1ccc(F)cc1Cl. The van der Waals surface area contributed by atoms with Crippen molar-refractivity contribution in [3.8, 4) is 11.5 Å². The van der Waals surface area contributed by atoms with E-state index in [1.165, 1.54) is 17.7 Å². The van der Waals surface area contributed by atoms with Gasteiger partial charge in [-0.25, -0.2) is 4.39 Å². The average molecular weight is 366 g/mol. The maximum atomic E-state index is 13.1. The van der Waals surface area contributed by atoms with Gasteiger partial charge in [0.05, 0.1) is 11.6 Å². The van der Waals surface area contributed by atoms with E-state index in [2.05, 4.69) is 25.1 Å². The fraction of sp³-hybridized carbons (Fsp3) is 0.400. The molecule has 0 amide bonds. The summed E-state index contributed by atoms with van der Waals surface area (Å²) in [5.41, 5.74) is 1.96. The van der Waals surface area contributed by atoms with E-state index >= 15 is 0 Å². The third-order valence-electron chi connectivity index (χ3n) is 3.78. The Hall–Kier alpha value is -1.78. The van der Waals surface area contributed by atoms with Gasteiger partial charge in [-0.2, -0.15) is 0 Å². The molecule has 0 aromatic heterocycles. The number of hydrogen-bond acceptors (Lipinski definition) is 3. The van der Waals surface area contributed by atoms with Crippen molar-refractivity contribution < 1.29 is 13.9 Å². The van der Waals surface area contributed by atoms with Gasteiger partial charge >= 0.3 is 0 Å². The summed E-state index contributed by atoms with van der Waals surface area (Å²) >= 11 is 6.05. The van der Waals surface area contributed by atoms with E-state index in [-0.39, 0.29) is 12.4 Å². The predicted molar refractivity (Wildman–Crippen MR) is 100 cm³/mol. The van der Waals surface area contributed by atoms with Crippen LogP contribution in [0.1, 0.15) is 24.5 Å². The molecule has 0 heterocycles. The zero-order valence-corrected chi connectivity index (χ0v) is 15.8. The molecule has 0 atom stereocenters. The van der Waals surface area contributed by atoms with Gasteiger partial charge in [-0.15, -0.1) is 0 Å². The molecule has 0 N–H and O–H groups in total. The lowest BCUT2D eigenvalue weighted by molar-refractivity contribution is 0.269. The normalized spacial score (nSPS) is 11.0. The van der Waals surface area contributed by atoms with E-state index < -0.39 is 0 Å². The highest BCUT2D eigenvalue weighted by molar-refractivity contribution is 6.31. The Labute approximate surface area is 154 Å². The van der Waals surface area contributed by atoms with E-state index in [1.54, 1.807) is 6.07 Å². The first kappa shape index (κ1) is 19.5. The fourth-order valence-electron chi connectivity index (χ4n) is 2.49. The number of benzene rings is 2. The number of rotatable bonds is 9. The van der Waals surface area contributed by atoms with Crippen LogP contribution in [0.3, 0.4) is 0 Å². The standard InChI is InChI=1S/C20H25ClFNO2/c1-4-24-20-12-15(6-5-11-23(2)3)7-10-19(20)25-14-16-8-9-17(22)13-18(16)21/h7-10,12-13H,4-6,11,14H2,1-3H3. The van der Waals surface area contributed by atoms with Crippen molar-refractivity contribution in [2.24, 2.45) is 0 Å². The molecule has 136 valence electrons. The van der Waals surface area contributed by atoms with Crippen molar-refractivity contribution in [3.05, 3.63) is 58.4 Å². The number of nitrogens with zero attached hydrogens (tertiary/aromatic N) is 1. The van der Waals surface area contributed by atoms with Crippen molar-refractivity contribution >= 4 is 11.6 Å². The first-order valence-electron chi connectivity index (χ1n) is 8.46. The highest BCUT2D eigenvalue weighted by Gasteiger charge is 2.09. The van der Waals surface area contributed by atoms with Gasteiger partial charge in [0, 0.05) is 5.56 Å². The molecule has 3 nitrogen and oxygen atoms in total. The van der Waals surface area contributed by atoms with Crippen LogP contribution in [0.25, 0.3) is 0 Å². The van der Waals surface area contributed by atoms with Crippen LogP contribution in [0, 0.1) is 5.82 Å². The largest absolute Gasteiger partial charge is 0.490 e. The van der Waals surface area contributed by atoms with Crippen LogP contribution in [0.4, 0.5) is 4.39 Å². The first-order valence-corrected chi connectivity index (χ1v) is 8.84. The molecule has 0 aliphatic heterocycles. The molecule has 25 heavy (non-hydrogen) atoms. The quantitative estimate of drug-likeness (QED) is 0.627. The Morgan fingerprint density at radius 2 is 1.84 bits per heavy atom. The Bertz CT molecular complexity index is 691. The molecule has 0 radical (unpaired) electrons. The molecule has 2 aromatic rings. The lowest BCUT2D eigenvalue weighted by Crippen LogP contribution is -2.13. The van der Waals surface area contributed by atoms with Crippen molar-refractivity contribution in [1.29, 1.82) is 0 Å². The monoisotopic (exact) mass is 365 g/mol. The smallest absolute Gasteiger partial charge is 0.161 e. The average Bonchev–Trinajstić information content (AvgIpc) is 2.55. The second-order valence-corrected chi connectivity index (χ2v) is 6.55. The Morgan fingerprint density at radius 3 is 2.52 bits per heavy atom. The van der Waals surface area contributed by atoms with Crippen molar-refractivity contribution in [2.45, 2.75) is 26.4 Å². The van der Waals surface area contributed by atoms with E-state index in [4.69, 9.17) is 21.1 Å². The van der Waals surface area contributed by atoms with Gasteiger partial charge in [-0.05, 0) is 70.2 Å². The van der Waals surface area contributed by atoms with E-state index in [9.17, 15) is 4.39 Å². The van der Waals surface area contributed by atoms with Gasteiger partial charge in [0.2, 0.25) is 0 Å². The zero-order valence-electron chi connectivity index (χ0n) is 15.0. The number of hydrogen-bond donors (Lipinski definition) is 0. The van der Waals surface area contributed by atoms with E-state index in [1.807, 2.05) is 19.1 Å². The Balaban J connectivity index is 2.05. The van der Waals surface area contributed by atoms with Crippen LogP contribution in [0.15, 0.2) is 36.4 Å². The van der Waals surface area contributed by atoms with E-state index in [0.29, 0.717) is 17.4 Å². The van der Waals surface area contributed by atoms with Gasteiger partial charge in [0.1, 0.15) is 12.4 Å². The summed E-state index contributed by atoms with van der Waals surface area (Å²) in [5, 5.41) is 0.360. The topological polar surface area (TPSA) is 21.7 Å². The minimum Gasteiger partial charge on any atom is -0.490 e. The van der Waals surface area contributed by atoms with Crippen LogP contribution in [-0.4, -0.2) is 32.1 Å². The highest BCUT2D eigenvalue weighted by Crippen LogP contribution is 2.30. The number of ether oxygens (including phenoxy) is 2. The zero-order chi connectivity index (χ0) is 18.2. The molecule has 0 aliphatic rings. The number of aryl methyl sites for hydroxylation is 1. The predicted octanol–water partition coefficient (Wildman–Crippen LogP) is 4.95. The van der Waals surface area contributed by atoms with Crippen molar-refractivity contribution in [2.75, 3.05) is 27.2 Å². The van der Waals surface area contributed by atoms with Crippen LogP contribution in [0.2, 0.25) is 5.02 Å². The van der Waals surface area contributed by atoms with E-state index in [0.717, 1.165) is 30.7 Å². The Morgan fingerprint density at radius 1 is 1.04 bits per heavy atom. The summed E-state index contributed by atoms with van der Waals surface area (Å²) in [4.78, 5) is 2.17. The lowest BCUT2D eigenvalue weighted by Gasteiger charge is -2.15. The first-order chi connectivity index (χ1) is 12.0.